The molecule has 2 saturated carbocycles. The quantitative estimate of drug-likeness (QED) is 0.185. The summed E-state index contributed by atoms with van der Waals surface area (Å²) in [7, 11) is 0. The van der Waals surface area contributed by atoms with E-state index in [4.69, 9.17) is 18.6 Å². The van der Waals surface area contributed by atoms with E-state index in [1.807, 2.05) is 0 Å². The van der Waals surface area contributed by atoms with Crippen LogP contribution in [0.15, 0.2) is 0 Å². The smallest absolute Gasteiger partial charge is 0 e. The molecule has 4 nitrogen and oxygen atoms in total. The fraction of sp³-hybridized carbons (Fsp3) is 0.400. The Morgan fingerprint density at radius 1 is 0.344 bits per heavy atom. The molecule has 0 atom stereocenters. The number of hydrogen-bond acceptors (Lipinski definition) is 0. The Balaban J connectivity index is -0.0000000538. The molecule has 0 aliphatic heterocycles. The fourth-order valence-corrected chi connectivity index (χ4v) is 2.81. The van der Waals surface area contributed by atoms with Crippen LogP contribution in [0.4, 0.5) is 0 Å². The number of hydrogen-bond donors (Lipinski definition) is 0. The molecule has 0 bridgehead atoms. The normalized spacial score (nSPS) is 18.2. The topological polar surface area (TPSA) is 79.6 Å². The molecule has 2 fully saturated rings. The first-order valence-corrected chi connectivity index (χ1v) is 10.3. The zero-order valence-corrected chi connectivity index (χ0v) is 25.2. The molecular weight excluding hydrogens is 602 g/mol. The van der Waals surface area contributed by atoms with E-state index in [0.717, 1.165) is 0 Å². The average Bonchev–Trinajstić information content (AvgIpc) is 3.10. The van der Waals surface area contributed by atoms with Crippen molar-refractivity contribution in [2.24, 2.45) is 0 Å². The van der Waals surface area contributed by atoms with Crippen molar-refractivity contribution in [3.8, 4) is 0 Å². The van der Waals surface area contributed by atoms with Crippen molar-refractivity contribution in [1.29, 1.82) is 0 Å². The van der Waals surface area contributed by atoms with Crippen LogP contribution in [0.3, 0.4) is 0 Å². The molecule has 0 aromatic heterocycles. The average molecular weight is 634 g/mol. The van der Waals surface area contributed by atoms with Crippen molar-refractivity contribution in [1.82, 2.24) is 0 Å². The zero-order chi connectivity index (χ0) is 25.8. The summed E-state index contributed by atoms with van der Waals surface area (Å²) in [5, 5.41) is 0. The van der Waals surface area contributed by atoms with E-state index in [1.54, 1.807) is 22.3 Å². The molecule has 7 heteroatoms. The molecule has 32 heavy (non-hydrogen) atoms. The summed E-state index contributed by atoms with van der Waals surface area (Å²) >= 11 is 1.70. The minimum Gasteiger partial charge on any atom is 0 e. The van der Waals surface area contributed by atoms with Crippen LogP contribution in [-0.2, 0) is 52.7 Å². The van der Waals surface area contributed by atoms with E-state index in [1.165, 1.54) is 59.2 Å². The van der Waals surface area contributed by atoms with Crippen molar-refractivity contribution in [2.75, 3.05) is 0 Å². The molecule has 177 valence electrons. The van der Waals surface area contributed by atoms with Crippen molar-refractivity contribution in [3.63, 3.8) is 0 Å². The van der Waals surface area contributed by atoms with Gasteiger partial charge in [0.25, 0.3) is 0 Å². The predicted octanol–water partition coefficient (Wildman–Crippen LogP) is 5.74. The largest absolute Gasteiger partial charge is 0 e. The van der Waals surface area contributed by atoms with Gasteiger partial charge in [-0.15, -0.1) is 0 Å². The summed E-state index contributed by atoms with van der Waals surface area (Å²) in [4.78, 5) is 3.26. The van der Waals surface area contributed by atoms with Crippen LogP contribution in [0.1, 0.15) is 69.2 Å². The van der Waals surface area contributed by atoms with E-state index in [2.05, 4.69) is 101 Å². The molecule has 0 saturated heterocycles. The van der Waals surface area contributed by atoms with Gasteiger partial charge in [0.2, 0.25) is 0 Å². The monoisotopic (exact) mass is 636 g/mol. The maximum atomic E-state index is 7.50. The molecule has 0 N–H and O–H groups in total. The van der Waals surface area contributed by atoms with Gasteiger partial charge in [0.05, 0.1) is 0 Å². The molecule has 0 amide bonds. The Morgan fingerprint density at radius 2 is 0.375 bits per heavy atom. The van der Waals surface area contributed by atoms with Crippen LogP contribution in [-0.4, -0.2) is 22.3 Å². The van der Waals surface area contributed by atoms with Crippen LogP contribution in [0, 0.1) is 90.8 Å². The van der Waals surface area contributed by atoms with Gasteiger partial charge in [-0.3, -0.25) is 0 Å². The van der Waals surface area contributed by atoms with Gasteiger partial charge in [0.1, 0.15) is 0 Å². The van der Waals surface area contributed by atoms with E-state index < -0.39 is 0 Å². The zero-order valence-electron chi connectivity index (χ0n) is 20.5. The summed E-state index contributed by atoms with van der Waals surface area (Å²) in [6.45, 7) is 40.0. The second kappa shape index (κ2) is 31.8. The third-order valence-corrected chi connectivity index (χ3v) is 5.62. The first-order valence-electron chi connectivity index (χ1n) is 8.61. The van der Waals surface area contributed by atoms with Gasteiger partial charge in [-0.2, -0.15) is 0 Å². The summed E-state index contributed by atoms with van der Waals surface area (Å²) in [5.74, 6) is 14.7. The molecule has 0 aromatic carbocycles. The summed E-state index contributed by atoms with van der Waals surface area (Å²) in [5.41, 5.74) is 0. The third-order valence-electron chi connectivity index (χ3n) is 5.62. The first-order chi connectivity index (χ1) is 14.1. The Labute approximate surface area is 233 Å². The standard InChI is InChI=1S/2C10H15.4CO.CH2Te.2Mn/c2*1-6-7(2)9(4)10(5)8(6)3;5*1-2;;/h2*1-5H3;;;;;1H2;;/q;;;;;;-1;;. The van der Waals surface area contributed by atoms with Gasteiger partial charge in [-0.05, 0) is 59.2 Å². The van der Waals surface area contributed by atoms with Crippen LogP contribution >= 0.6 is 0 Å². The van der Waals surface area contributed by atoms with Gasteiger partial charge in [0.15, 0.2) is 0 Å². The summed E-state index contributed by atoms with van der Waals surface area (Å²) in [6, 6.07) is 0. The van der Waals surface area contributed by atoms with Crippen LogP contribution in [0.25, 0.3) is 0 Å². The second-order valence-electron chi connectivity index (χ2n) is 6.25. The first kappa shape index (κ1) is 49.8. The van der Waals surface area contributed by atoms with Crippen molar-refractivity contribution in [2.45, 2.75) is 69.2 Å². The van der Waals surface area contributed by atoms with Gasteiger partial charge in [-0.25, -0.2) is 0 Å². The molecule has 13 radical (unpaired) electrons. The van der Waals surface area contributed by atoms with E-state index in [0.29, 0.717) is 0 Å². The molecule has 0 heterocycles. The maximum absolute atomic E-state index is 7.50. The van der Waals surface area contributed by atoms with Gasteiger partial charge in [-0.1, -0.05) is 69.2 Å². The molecule has 2 aliphatic carbocycles. The fourth-order valence-electron chi connectivity index (χ4n) is 2.81. The Bertz CT molecular complexity index is 324. The molecule has 0 spiro atoms. The number of rotatable bonds is 0. The maximum Gasteiger partial charge on any atom is 0 e. The molecular formula is C25H32Mn2O4Te-. The Morgan fingerprint density at radius 3 is 0.406 bits per heavy atom. The molecule has 2 aliphatic rings. The van der Waals surface area contributed by atoms with E-state index in [-0.39, 0.29) is 34.1 Å². The summed E-state index contributed by atoms with van der Waals surface area (Å²) < 4.78 is 30.0. The van der Waals surface area contributed by atoms with Gasteiger partial charge >= 0.3 is 72.5 Å². The third kappa shape index (κ3) is 16.4. The van der Waals surface area contributed by atoms with Crippen LogP contribution in [0.5, 0.6) is 0 Å². The van der Waals surface area contributed by atoms with Crippen molar-refractivity contribution < 1.29 is 52.7 Å². The Hall–Kier alpha value is 0.789. The minimum atomic E-state index is 0. The van der Waals surface area contributed by atoms with Gasteiger partial charge < -0.3 is 0 Å². The SMILES string of the molecule is C[C]1[C](C)[C](C)[C](C)[C]1C.C[C]1[C](C)[C](C)[C](C)[C]1C.[C-]#[O+].[C-]#[O+].[C-]#[O+].[C-]#[O+].[CH2-][Te].[Mn].[Mn]. The summed E-state index contributed by atoms with van der Waals surface area (Å²) in [6.07, 6.45) is 0. The minimum absolute atomic E-state index is 0. The van der Waals surface area contributed by atoms with E-state index >= 15 is 0 Å². The van der Waals surface area contributed by atoms with Gasteiger partial charge in [0, 0.05) is 34.1 Å². The van der Waals surface area contributed by atoms with Crippen LogP contribution in [0.2, 0.25) is 0 Å². The molecule has 0 unspecified atom stereocenters. The predicted molar refractivity (Wildman–Crippen MR) is 116 cm³/mol. The molecule has 2 rings (SSSR count). The van der Waals surface area contributed by atoms with Crippen LogP contribution < -0.4 is 0 Å². The van der Waals surface area contributed by atoms with E-state index in [9.17, 15) is 0 Å². The second-order valence-corrected chi connectivity index (χ2v) is 6.25. The van der Waals surface area contributed by atoms with Crippen molar-refractivity contribution in [3.05, 3.63) is 90.8 Å². The van der Waals surface area contributed by atoms with Crippen molar-refractivity contribution >= 4 is 22.3 Å². The molecule has 0 aromatic rings. The Kier molecular flexibility index (Phi) is 49.5.